The number of rotatable bonds is 8. The van der Waals surface area contributed by atoms with E-state index in [9.17, 15) is 0 Å². The maximum Gasteiger partial charge on any atom is 0.108 e. The van der Waals surface area contributed by atoms with Crippen molar-refractivity contribution < 1.29 is 4.74 Å². The fourth-order valence-corrected chi connectivity index (χ4v) is 2.42. The highest BCUT2D eigenvalue weighted by Crippen LogP contribution is 2.26. The summed E-state index contributed by atoms with van der Waals surface area (Å²) < 4.78 is 6.20. The fraction of sp³-hybridized carbons (Fsp3) is 0.400. The van der Waals surface area contributed by atoms with Gasteiger partial charge in [-0.3, -0.25) is 0 Å². The van der Waals surface area contributed by atoms with Crippen molar-refractivity contribution in [2.45, 2.75) is 39.3 Å². The normalized spacial score (nSPS) is 12.0. The van der Waals surface area contributed by atoms with Crippen LogP contribution in [-0.4, -0.2) is 19.2 Å². The molecule has 126 valence electrons. The molecule has 23 heavy (non-hydrogen) atoms. The fourth-order valence-electron chi connectivity index (χ4n) is 2.42. The van der Waals surface area contributed by atoms with Gasteiger partial charge in [-0.15, -0.1) is 12.4 Å². The number of nitrogens with one attached hydrogen (secondary N) is 1. The summed E-state index contributed by atoms with van der Waals surface area (Å²) in [5.41, 5.74) is 3.70. The van der Waals surface area contributed by atoms with Crippen molar-refractivity contribution in [3.63, 3.8) is 0 Å². The number of aryl methyl sites for hydroxylation is 1. The highest BCUT2D eigenvalue weighted by atomic mass is 35.5. The minimum atomic E-state index is 0. The molecule has 0 aliphatic heterocycles. The second-order valence-corrected chi connectivity index (χ2v) is 6.03. The van der Waals surface area contributed by atoms with E-state index in [2.05, 4.69) is 74.6 Å². The second kappa shape index (κ2) is 10.4. The Morgan fingerprint density at radius 2 is 1.52 bits per heavy atom. The molecular formula is C20H28ClNO. The van der Waals surface area contributed by atoms with Crippen molar-refractivity contribution in [2.75, 3.05) is 13.2 Å². The molecule has 1 N–H and O–H groups in total. The van der Waals surface area contributed by atoms with E-state index in [1.54, 1.807) is 0 Å². The maximum absolute atomic E-state index is 6.20. The van der Waals surface area contributed by atoms with Gasteiger partial charge in [-0.05, 0) is 31.0 Å². The molecule has 0 aromatic heterocycles. The quantitative estimate of drug-likeness (QED) is 0.693. The summed E-state index contributed by atoms with van der Waals surface area (Å²) in [6.45, 7) is 8.19. The van der Waals surface area contributed by atoms with E-state index in [4.69, 9.17) is 4.74 Å². The third kappa shape index (κ3) is 6.74. The Morgan fingerprint density at radius 3 is 2.13 bits per heavy atom. The average molecular weight is 334 g/mol. The molecule has 1 unspecified atom stereocenters. The van der Waals surface area contributed by atoms with Gasteiger partial charge in [0.05, 0.1) is 0 Å². The van der Waals surface area contributed by atoms with Crippen LogP contribution in [0, 0.1) is 6.92 Å². The molecule has 0 amide bonds. The van der Waals surface area contributed by atoms with Gasteiger partial charge in [-0.1, -0.05) is 74.0 Å². The predicted octanol–water partition coefficient (Wildman–Crippen LogP) is 4.91. The lowest BCUT2D eigenvalue weighted by atomic mass is 10.0. The number of ether oxygens (including phenoxy) is 1. The first-order valence-corrected chi connectivity index (χ1v) is 8.13. The van der Waals surface area contributed by atoms with Crippen molar-refractivity contribution in [3.05, 3.63) is 71.3 Å². The third-order valence-electron chi connectivity index (χ3n) is 3.64. The first-order chi connectivity index (χ1) is 10.7. The van der Waals surface area contributed by atoms with Gasteiger partial charge >= 0.3 is 0 Å². The molecule has 0 aliphatic rings. The summed E-state index contributed by atoms with van der Waals surface area (Å²) in [6.07, 6.45) is 1.04. The minimum absolute atomic E-state index is 0. The molecule has 2 aromatic rings. The molecule has 0 spiro atoms. The van der Waals surface area contributed by atoms with Crippen LogP contribution in [0.25, 0.3) is 0 Å². The number of benzene rings is 2. The minimum Gasteiger partial charge on any atom is -0.369 e. The van der Waals surface area contributed by atoms with Gasteiger partial charge in [0.2, 0.25) is 0 Å². The Labute approximate surface area is 146 Å². The van der Waals surface area contributed by atoms with E-state index >= 15 is 0 Å². The highest BCUT2D eigenvalue weighted by molar-refractivity contribution is 5.85. The highest BCUT2D eigenvalue weighted by Gasteiger charge is 2.14. The zero-order chi connectivity index (χ0) is 15.8. The van der Waals surface area contributed by atoms with Crippen molar-refractivity contribution in [3.8, 4) is 0 Å². The largest absolute Gasteiger partial charge is 0.369 e. The predicted molar refractivity (Wildman–Crippen MR) is 100 cm³/mol. The molecule has 0 fully saturated rings. The Bertz CT molecular complexity index is 539. The van der Waals surface area contributed by atoms with Crippen LogP contribution in [0.1, 0.15) is 43.1 Å². The van der Waals surface area contributed by atoms with E-state index in [0.717, 1.165) is 19.6 Å². The lowest BCUT2D eigenvalue weighted by Crippen LogP contribution is -2.24. The standard InChI is InChI=1S/C20H27NO.ClH/c1-16(2)21-14-7-15-22-20(18-8-5-4-6-9-18)19-12-10-17(3)11-13-19;/h4-6,8-13,16,20-21H,7,14-15H2,1-3H3;1H. The van der Waals surface area contributed by atoms with Crippen LogP contribution in [-0.2, 0) is 4.74 Å². The summed E-state index contributed by atoms with van der Waals surface area (Å²) in [7, 11) is 0. The summed E-state index contributed by atoms with van der Waals surface area (Å²) in [5, 5.41) is 3.43. The van der Waals surface area contributed by atoms with Crippen molar-refractivity contribution in [1.82, 2.24) is 5.32 Å². The van der Waals surface area contributed by atoms with Crippen LogP contribution in [0.4, 0.5) is 0 Å². The van der Waals surface area contributed by atoms with Crippen molar-refractivity contribution >= 4 is 12.4 Å². The van der Waals surface area contributed by atoms with Gasteiger partial charge in [0.15, 0.2) is 0 Å². The zero-order valence-electron chi connectivity index (χ0n) is 14.3. The zero-order valence-corrected chi connectivity index (χ0v) is 15.1. The van der Waals surface area contributed by atoms with Crippen molar-refractivity contribution in [2.24, 2.45) is 0 Å². The molecule has 2 nitrogen and oxygen atoms in total. The van der Waals surface area contributed by atoms with Crippen LogP contribution in [0.2, 0.25) is 0 Å². The molecule has 0 bridgehead atoms. The van der Waals surface area contributed by atoms with Gasteiger partial charge in [0.1, 0.15) is 6.10 Å². The SMILES string of the molecule is Cc1ccc(C(OCCCNC(C)C)c2ccccc2)cc1.Cl. The van der Waals surface area contributed by atoms with Gasteiger partial charge in [-0.25, -0.2) is 0 Å². The van der Waals surface area contributed by atoms with E-state index in [-0.39, 0.29) is 18.5 Å². The summed E-state index contributed by atoms with van der Waals surface area (Å²) >= 11 is 0. The Morgan fingerprint density at radius 1 is 0.913 bits per heavy atom. The number of hydrogen-bond acceptors (Lipinski definition) is 2. The van der Waals surface area contributed by atoms with Crippen LogP contribution < -0.4 is 5.32 Å². The summed E-state index contributed by atoms with van der Waals surface area (Å²) in [6, 6.07) is 19.6. The second-order valence-electron chi connectivity index (χ2n) is 6.03. The van der Waals surface area contributed by atoms with E-state index in [1.807, 2.05) is 6.07 Å². The molecular weight excluding hydrogens is 306 g/mol. The van der Waals surface area contributed by atoms with Crippen molar-refractivity contribution in [1.29, 1.82) is 0 Å². The van der Waals surface area contributed by atoms with Crippen LogP contribution in [0.5, 0.6) is 0 Å². The Balaban J connectivity index is 0.00000264. The molecule has 0 saturated heterocycles. The molecule has 2 rings (SSSR count). The number of hydrogen-bond donors (Lipinski definition) is 1. The molecule has 0 saturated carbocycles. The van der Waals surface area contributed by atoms with Gasteiger partial charge in [0.25, 0.3) is 0 Å². The molecule has 2 aromatic carbocycles. The molecule has 0 aliphatic carbocycles. The van der Waals surface area contributed by atoms with Gasteiger partial charge < -0.3 is 10.1 Å². The van der Waals surface area contributed by atoms with Crippen LogP contribution in [0.3, 0.4) is 0 Å². The van der Waals surface area contributed by atoms with E-state index in [1.165, 1.54) is 16.7 Å². The first-order valence-electron chi connectivity index (χ1n) is 8.13. The molecule has 0 heterocycles. The molecule has 0 radical (unpaired) electrons. The smallest absolute Gasteiger partial charge is 0.108 e. The lowest BCUT2D eigenvalue weighted by molar-refractivity contribution is 0.0780. The van der Waals surface area contributed by atoms with E-state index in [0.29, 0.717) is 6.04 Å². The third-order valence-corrected chi connectivity index (χ3v) is 3.64. The summed E-state index contributed by atoms with van der Waals surface area (Å²) in [4.78, 5) is 0. The number of halogens is 1. The topological polar surface area (TPSA) is 21.3 Å². The van der Waals surface area contributed by atoms with Crippen LogP contribution in [0.15, 0.2) is 54.6 Å². The first kappa shape index (κ1) is 19.7. The molecule has 3 heteroatoms. The maximum atomic E-state index is 6.20. The van der Waals surface area contributed by atoms with Crippen LogP contribution >= 0.6 is 12.4 Å². The van der Waals surface area contributed by atoms with E-state index < -0.39 is 0 Å². The Kier molecular flexibility index (Phi) is 8.93. The summed E-state index contributed by atoms with van der Waals surface area (Å²) in [5.74, 6) is 0. The van der Waals surface area contributed by atoms with Gasteiger partial charge in [-0.2, -0.15) is 0 Å². The molecule has 1 atom stereocenters. The van der Waals surface area contributed by atoms with Gasteiger partial charge in [0, 0.05) is 12.6 Å². The monoisotopic (exact) mass is 333 g/mol. The Hall–Kier alpha value is -1.35. The average Bonchev–Trinajstić information content (AvgIpc) is 2.53. The lowest BCUT2D eigenvalue weighted by Gasteiger charge is -2.19.